The third-order valence-electron chi connectivity index (χ3n) is 5.29. The van der Waals surface area contributed by atoms with Crippen LogP contribution < -0.4 is 19.7 Å². The maximum absolute atomic E-state index is 13.6. The molecule has 2 amide bonds. The molecule has 0 aliphatic carbocycles. The van der Waals surface area contributed by atoms with Crippen LogP contribution in [0.1, 0.15) is 15.9 Å². The van der Waals surface area contributed by atoms with Gasteiger partial charge in [-0.1, -0.05) is 42.0 Å². The van der Waals surface area contributed by atoms with Gasteiger partial charge < -0.3 is 20.1 Å². The number of benzene rings is 3. The van der Waals surface area contributed by atoms with Gasteiger partial charge in [-0.2, -0.15) is 0 Å². The Morgan fingerprint density at radius 1 is 0.917 bits per heavy atom. The molecule has 3 aromatic rings. The molecule has 0 atom stereocenters. The normalized spacial score (nSPS) is 11.0. The molecule has 3 rings (SSSR count). The van der Waals surface area contributed by atoms with Crippen LogP contribution in [0.3, 0.4) is 0 Å². The first-order chi connectivity index (χ1) is 17.3. The van der Waals surface area contributed by atoms with Gasteiger partial charge in [-0.15, -0.1) is 0 Å². The highest BCUT2D eigenvalue weighted by molar-refractivity contribution is 7.92. The van der Waals surface area contributed by atoms with E-state index in [9.17, 15) is 18.0 Å². The highest BCUT2D eigenvalue weighted by Gasteiger charge is 2.29. The van der Waals surface area contributed by atoms with Crippen LogP contribution in [0.5, 0.6) is 5.75 Å². The molecule has 0 heterocycles. The van der Waals surface area contributed by atoms with Crippen LogP contribution in [0.2, 0.25) is 0 Å². The number of methoxy groups -OCH3 is 2. The van der Waals surface area contributed by atoms with E-state index in [1.54, 1.807) is 60.7 Å². The number of hydrogen-bond acceptors (Lipinski definition) is 6. The van der Waals surface area contributed by atoms with E-state index >= 15 is 0 Å². The molecule has 36 heavy (non-hydrogen) atoms. The summed E-state index contributed by atoms with van der Waals surface area (Å²) in [5, 5.41) is 5.38. The Hall–Kier alpha value is -3.89. The molecule has 2 N–H and O–H groups in total. The summed E-state index contributed by atoms with van der Waals surface area (Å²) < 4.78 is 38.6. The van der Waals surface area contributed by atoms with Gasteiger partial charge in [0.2, 0.25) is 5.91 Å². The number of anilines is 2. The van der Waals surface area contributed by atoms with Crippen LogP contribution in [-0.2, 0) is 19.6 Å². The molecule has 10 heteroatoms. The first-order valence-corrected chi connectivity index (χ1v) is 12.6. The summed E-state index contributed by atoms with van der Waals surface area (Å²) in [6, 6.07) is 19.4. The topological polar surface area (TPSA) is 114 Å². The number of para-hydroxylation sites is 3. The lowest BCUT2D eigenvalue weighted by molar-refractivity contribution is -0.114. The van der Waals surface area contributed by atoms with Gasteiger partial charge in [-0.25, -0.2) is 8.42 Å². The van der Waals surface area contributed by atoms with Crippen molar-refractivity contribution in [3.63, 3.8) is 0 Å². The monoisotopic (exact) mass is 511 g/mol. The van der Waals surface area contributed by atoms with E-state index in [1.807, 2.05) is 6.92 Å². The number of sulfonamides is 1. The molecule has 0 aromatic heterocycles. The molecule has 190 valence electrons. The summed E-state index contributed by atoms with van der Waals surface area (Å²) >= 11 is 0. The molecule has 3 aromatic carbocycles. The predicted molar refractivity (Wildman–Crippen MR) is 138 cm³/mol. The van der Waals surface area contributed by atoms with E-state index in [2.05, 4.69) is 10.6 Å². The van der Waals surface area contributed by atoms with Gasteiger partial charge in [0.05, 0.1) is 35.6 Å². The highest BCUT2D eigenvalue weighted by Crippen LogP contribution is 2.32. The van der Waals surface area contributed by atoms with Crippen LogP contribution in [0.25, 0.3) is 0 Å². The molecule has 0 unspecified atom stereocenters. The van der Waals surface area contributed by atoms with E-state index in [1.165, 1.54) is 26.4 Å². The van der Waals surface area contributed by atoms with Crippen LogP contribution in [0.4, 0.5) is 11.4 Å². The zero-order chi connectivity index (χ0) is 26.1. The lowest BCUT2D eigenvalue weighted by Crippen LogP contribution is -2.38. The van der Waals surface area contributed by atoms with E-state index in [0.717, 1.165) is 9.87 Å². The Kier molecular flexibility index (Phi) is 9.04. The molecule has 0 radical (unpaired) electrons. The smallest absolute Gasteiger partial charge is 0.264 e. The van der Waals surface area contributed by atoms with Crippen molar-refractivity contribution in [2.75, 3.05) is 43.5 Å². The first kappa shape index (κ1) is 26.7. The molecule has 0 fully saturated rings. The summed E-state index contributed by atoms with van der Waals surface area (Å²) in [6.45, 7) is 1.94. The van der Waals surface area contributed by atoms with Crippen molar-refractivity contribution < 1.29 is 27.5 Å². The predicted octanol–water partition coefficient (Wildman–Crippen LogP) is 3.21. The Bertz CT molecular complexity index is 1310. The zero-order valence-electron chi connectivity index (χ0n) is 20.4. The molecular weight excluding hydrogens is 482 g/mol. The maximum atomic E-state index is 13.6. The van der Waals surface area contributed by atoms with Gasteiger partial charge in [-0.05, 0) is 43.3 Å². The summed E-state index contributed by atoms with van der Waals surface area (Å²) in [7, 11) is -1.18. The number of rotatable bonds is 11. The lowest BCUT2D eigenvalue weighted by atomic mass is 10.1. The van der Waals surface area contributed by atoms with Crippen molar-refractivity contribution in [1.29, 1.82) is 0 Å². The summed E-state index contributed by atoms with van der Waals surface area (Å²) in [4.78, 5) is 25.8. The molecule has 0 bridgehead atoms. The average molecular weight is 512 g/mol. The molecule has 0 aliphatic heterocycles. The molecule has 0 spiro atoms. The van der Waals surface area contributed by atoms with Gasteiger partial charge in [0, 0.05) is 13.7 Å². The number of carbonyl (C=O) groups is 2. The van der Waals surface area contributed by atoms with Crippen molar-refractivity contribution in [3.8, 4) is 5.75 Å². The molecule has 9 nitrogen and oxygen atoms in total. The van der Waals surface area contributed by atoms with Crippen LogP contribution >= 0.6 is 0 Å². The summed E-state index contributed by atoms with van der Waals surface area (Å²) in [5.74, 6) is -0.732. The quantitative estimate of drug-likeness (QED) is 0.382. The number of amides is 2. The highest BCUT2D eigenvalue weighted by atomic mass is 32.2. The standard InChI is InChI=1S/C26H29N3O6S/c1-19-12-14-20(15-13-19)36(32,33)29(23-10-6-7-11-24(23)35-3)18-25(30)28-22-9-5-4-8-21(22)26(31)27-16-17-34-2/h4-15H,16-18H2,1-3H3,(H,27,31)(H,28,30). The molecule has 0 saturated carbocycles. The second-order valence-electron chi connectivity index (χ2n) is 7.84. The fraction of sp³-hybridized carbons (Fsp3) is 0.231. The van der Waals surface area contributed by atoms with Gasteiger partial charge in [0.25, 0.3) is 15.9 Å². The summed E-state index contributed by atoms with van der Waals surface area (Å²) in [6.07, 6.45) is 0. The minimum Gasteiger partial charge on any atom is -0.495 e. The minimum atomic E-state index is -4.13. The number of hydrogen-bond donors (Lipinski definition) is 2. The third kappa shape index (κ3) is 6.41. The minimum absolute atomic E-state index is 0.0322. The Morgan fingerprint density at radius 3 is 2.28 bits per heavy atom. The van der Waals surface area contributed by atoms with Crippen molar-refractivity contribution in [1.82, 2.24) is 5.32 Å². The van der Waals surface area contributed by atoms with Crippen LogP contribution in [0.15, 0.2) is 77.7 Å². The molecule has 0 aliphatic rings. The van der Waals surface area contributed by atoms with E-state index in [0.29, 0.717) is 18.9 Å². The number of aryl methyl sites for hydroxylation is 1. The van der Waals surface area contributed by atoms with Crippen molar-refractivity contribution in [3.05, 3.63) is 83.9 Å². The van der Waals surface area contributed by atoms with Gasteiger partial charge in [-0.3, -0.25) is 13.9 Å². The summed E-state index contributed by atoms with van der Waals surface area (Å²) in [5.41, 5.74) is 1.61. The van der Waals surface area contributed by atoms with Gasteiger partial charge in [0.15, 0.2) is 0 Å². The lowest BCUT2D eigenvalue weighted by Gasteiger charge is -2.26. The Balaban J connectivity index is 1.92. The fourth-order valence-corrected chi connectivity index (χ4v) is 4.88. The van der Waals surface area contributed by atoms with Gasteiger partial charge in [0.1, 0.15) is 12.3 Å². The van der Waals surface area contributed by atoms with E-state index in [4.69, 9.17) is 9.47 Å². The van der Waals surface area contributed by atoms with Crippen molar-refractivity contribution >= 4 is 33.2 Å². The van der Waals surface area contributed by atoms with Crippen molar-refractivity contribution in [2.24, 2.45) is 0 Å². The number of carbonyl (C=O) groups excluding carboxylic acids is 2. The number of nitrogens with zero attached hydrogens (tertiary/aromatic N) is 1. The fourth-order valence-electron chi connectivity index (χ4n) is 3.45. The third-order valence-corrected chi connectivity index (χ3v) is 7.06. The second kappa shape index (κ2) is 12.2. The largest absolute Gasteiger partial charge is 0.495 e. The Morgan fingerprint density at radius 2 is 1.58 bits per heavy atom. The second-order valence-corrected chi connectivity index (χ2v) is 9.70. The zero-order valence-corrected chi connectivity index (χ0v) is 21.2. The number of ether oxygens (including phenoxy) is 2. The maximum Gasteiger partial charge on any atom is 0.264 e. The number of nitrogens with one attached hydrogen (secondary N) is 2. The average Bonchev–Trinajstić information content (AvgIpc) is 2.88. The van der Waals surface area contributed by atoms with E-state index in [-0.39, 0.29) is 21.8 Å². The van der Waals surface area contributed by atoms with E-state index < -0.39 is 28.4 Å². The molecular formula is C26H29N3O6S. The van der Waals surface area contributed by atoms with Crippen LogP contribution in [0, 0.1) is 6.92 Å². The SMILES string of the molecule is COCCNC(=O)c1ccccc1NC(=O)CN(c1ccccc1OC)S(=O)(=O)c1ccc(C)cc1. The molecule has 0 saturated heterocycles. The van der Waals surface area contributed by atoms with Crippen LogP contribution in [-0.4, -0.2) is 54.1 Å². The van der Waals surface area contributed by atoms with Gasteiger partial charge >= 0.3 is 0 Å². The first-order valence-electron chi connectivity index (χ1n) is 11.2. The Labute approximate surface area is 211 Å². The van der Waals surface area contributed by atoms with Crippen molar-refractivity contribution in [2.45, 2.75) is 11.8 Å².